The van der Waals surface area contributed by atoms with Gasteiger partial charge in [0.15, 0.2) is 0 Å². The van der Waals surface area contributed by atoms with Gasteiger partial charge in [-0.15, -0.1) is 0 Å². The second kappa shape index (κ2) is 8.38. The van der Waals surface area contributed by atoms with Crippen LogP contribution in [0.3, 0.4) is 0 Å². The summed E-state index contributed by atoms with van der Waals surface area (Å²) in [5, 5.41) is 3.42. The first-order chi connectivity index (χ1) is 10.9. The average Bonchev–Trinajstić information content (AvgIpc) is 2.61. The number of rotatable bonds is 5. The highest BCUT2D eigenvalue weighted by molar-refractivity contribution is 5.57. The van der Waals surface area contributed by atoms with E-state index >= 15 is 0 Å². The maximum absolute atomic E-state index is 6.15. The number of benzene rings is 1. The molecule has 1 aromatic carbocycles. The molecule has 0 radical (unpaired) electrons. The van der Waals surface area contributed by atoms with Crippen molar-refractivity contribution in [2.75, 3.05) is 19.7 Å². The summed E-state index contributed by atoms with van der Waals surface area (Å²) >= 11 is 0. The van der Waals surface area contributed by atoms with Gasteiger partial charge in [0, 0.05) is 5.56 Å². The molecule has 1 N–H and O–H groups in total. The van der Waals surface area contributed by atoms with Crippen molar-refractivity contribution in [3.8, 4) is 5.75 Å². The van der Waals surface area contributed by atoms with Gasteiger partial charge in [-0.2, -0.15) is 0 Å². The molecule has 22 heavy (non-hydrogen) atoms. The summed E-state index contributed by atoms with van der Waals surface area (Å²) in [5.74, 6) is 2.53. The van der Waals surface area contributed by atoms with E-state index in [4.69, 9.17) is 4.74 Å². The van der Waals surface area contributed by atoms with Gasteiger partial charge in [-0.1, -0.05) is 49.6 Å². The second-order valence-electron chi connectivity index (χ2n) is 6.80. The molecule has 0 unspecified atom stereocenters. The highest BCUT2D eigenvalue weighted by Gasteiger charge is 2.14. The number of para-hydroxylation sites is 1. The molecule has 0 amide bonds. The van der Waals surface area contributed by atoms with E-state index in [1.807, 2.05) is 0 Å². The Hall–Kier alpha value is -1.28. The van der Waals surface area contributed by atoms with Gasteiger partial charge < -0.3 is 10.1 Å². The summed E-state index contributed by atoms with van der Waals surface area (Å²) in [6.45, 7) is 3.18. The molecule has 120 valence electrons. The number of piperidine rings is 1. The fourth-order valence-electron chi connectivity index (χ4n) is 3.59. The third-order valence-corrected chi connectivity index (χ3v) is 5.05. The molecule has 0 aromatic heterocycles. The standard InChI is InChI=1S/C20H29NO/c1-2-6-18(7-3-1)16-22-20-9-5-4-8-19(20)11-10-17-12-14-21-15-13-17/h4-5,8-11,17-18,21H,1-3,6-7,12-16H2/b11-10+. The van der Waals surface area contributed by atoms with Gasteiger partial charge in [0.2, 0.25) is 0 Å². The normalized spacial score (nSPS) is 21.3. The molecule has 1 aromatic rings. The molecule has 0 bridgehead atoms. The Kier molecular flexibility index (Phi) is 5.94. The van der Waals surface area contributed by atoms with Gasteiger partial charge >= 0.3 is 0 Å². The van der Waals surface area contributed by atoms with Crippen molar-refractivity contribution in [1.82, 2.24) is 5.32 Å². The minimum Gasteiger partial charge on any atom is -0.493 e. The summed E-state index contributed by atoms with van der Waals surface area (Å²) < 4.78 is 6.15. The third-order valence-electron chi connectivity index (χ3n) is 5.05. The van der Waals surface area contributed by atoms with E-state index < -0.39 is 0 Å². The Labute approximate surface area is 135 Å². The first kappa shape index (κ1) is 15.6. The Morgan fingerprint density at radius 1 is 1.00 bits per heavy atom. The molecule has 2 fully saturated rings. The van der Waals surface area contributed by atoms with E-state index in [9.17, 15) is 0 Å². The lowest BCUT2D eigenvalue weighted by Crippen LogP contribution is -2.26. The van der Waals surface area contributed by atoms with Crippen LogP contribution in [-0.4, -0.2) is 19.7 Å². The lowest BCUT2D eigenvalue weighted by atomic mass is 9.90. The summed E-state index contributed by atoms with van der Waals surface area (Å²) in [6, 6.07) is 8.48. The quantitative estimate of drug-likeness (QED) is 0.854. The number of hydrogen-bond donors (Lipinski definition) is 1. The summed E-state index contributed by atoms with van der Waals surface area (Å²) in [7, 11) is 0. The Morgan fingerprint density at radius 3 is 2.59 bits per heavy atom. The van der Waals surface area contributed by atoms with Crippen LogP contribution in [0, 0.1) is 11.8 Å². The number of ether oxygens (including phenoxy) is 1. The minimum absolute atomic E-state index is 0.715. The van der Waals surface area contributed by atoms with Crippen molar-refractivity contribution < 1.29 is 4.74 Å². The molecule has 2 heteroatoms. The van der Waals surface area contributed by atoms with Crippen LogP contribution in [0.4, 0.5) is 0 Å². The highest BCUT2D eigenvalue weighted by Crippen LogP contribution is 2.27. The molecule has 3 rings (SSSR count). The maximum Gasteiger partial charge on any atom is 0.126 e. The first-order valence-corrected chi connectivity index (χ1v) is 9.02. The van der Waals surface area contributed by atoms with Gasteiger partial charge in [-0.3, -0.25) is 0 Å². The zero-order valence-electron chi connectivity index (χ0n) is 13.6. The zero-order chi connectivity index (χ0) is 15.0. The van der Waals surface area contributed by atoms with Crippen molar-refractivity contribution in [2.45, 2.75) is 44.9 Å². The maximum atomic E-state index is 6.15. The molecule has 2 nitrogen and oxygen atoms in total. The van der Waals surface area contributed by atoms with Crippen molar-refractivity contribution >= 4 is 6.08 Å². The van der Waals surface area contributed by atoms with E-state index in [-0.39, 0.29) is 0 Å². The van der Waals surface area contributed by atoms with Crippen molar-refractivity contribution in [1.29, 1.82) is 0 Å². The van der Waals surface area contributed by atoms with Crippen LogP contribution in [0.25, 0.3) is 6.08 Å². The van der Waals surface area contributed by atoms with E-state index in [0.29, 0.717) is 5.92 Å². The van der Waals surface area contributed by atoms with Crippen LogP contribution in [-0.2, 0) is 0 Å². The molecular formula is C20H29NO. The Morgan fingerprint density at radius 2 is 1.77 bits per heavy atom. The SMILES string of the molecule is C(=C\C1CCNCC1)/c1ccccc1OCC1CCCCC1. The largest absolute Gasteiger partial charge is 0.493 e. The fourth-order valence-corrected chi connectivity index (χ4v) is 3.59. The van der Waals surface area contributed by atoms with E-state index in [1.165, 1.54) is 50.5 Å². The van der Waals surface area contributed by atoms with Crippen LogP contribution in [0.1, 0.15) is 50.5 Å². The molecular weight excluding hydrogens is 270 g/mol. The monoisotopic (exact) mass is 299 g/mol. The van der Waals surface area contributed by atoms with E-state index in [0.717, 1.165) is 31.4 Å². The fraction of sp³-hybridized carbons (Fsp3) is 0.600. The summed E-state index contributed by atoms with van der Waals surface area (Å²) in [4.78, 5) is 0. The highest BCUT2D eigenvalue weighted by atomic mass is 16.5. The minimum atomic E-state index is 0.715. The lowest BCUT2D eigenvalue weighted by molar-refractivity contribution is 0.208. The zero-order valence-corrected chi connectivity index (χ0v) is 13.6. The molecule has 1 heterocycles. The van der Waals surface area contributed by atoms with Crippen LogP contribution in [0.2, 0.25) is 0 Å². The molecule has 0 atom stereocenters. The van der Waals surface area contributed by atoms with Gasteiger partial charge in [0.05, 0.1) is 6.61 Å². The van der Waals surface area contributed by atoms with Crippen molar-refractivity contribution in [2.24, 2.45) is 11.8 Å². The van der Waals surface area contributed by atoms with Gasteiger partial charge in [-0.25, -0.2) is 0 Å². The average molecular weight is 299 g/mol. The van der Waals surface area contributed by atoms with Gasteiger partial charge in [-0.05, 0) is 56.7 Å². The predicted octanol–water partition coefficient (Wildman–Crippen LogP) is 4.66. The smallest absolute Gasteiger partial charge is 0.126 e. The van der Waals surface area contributed by atoms with Crippen LogP contribution in [0.5, 0.6) is 5.75 Å². The summed E-state index contributed by atoms with van der Waals surface area (Å²) in [6.07, 6.45) is 14.0. The summed E-state index contributed by atoms with van der Waals surface area (Å²) in [5.41, 5.74) is 1.23. The molecule has 0 spiro atoms. The van der Waals surface area contributed by atoms with Crippen LogP contribution in [0.15, 0.2) is 30.3 Å². The van der Waals surface area contributed by atoms with Crippen molar-refractivity contribution in [3.05, 3.63) is 35.9 Å². The number of allylic oxidation sites excluding steroid dienone is 1. The topological polar surface area (TPSA) is 21.3 Å². The Bertz CT molecular complexity index is 470. The van der Waals surface area contributed by atoms with Gasteiger partial charge in [0.1, 0.15) is 5.75 Å². The van der Waals surface area contributed by atoms with E-state index in [1.54, 1.807) is 0 Å². The molecule has 1 saturated heterocycles. The van der Waals surface area contributed by atoms with E-state index in [2.05, 4.69) is 41.7 Å². The predicted molar refractivity (Wildman–Crippen MR) is 93.1 cm³/mol. The molecule has 1 saturated carbocycles. The van der Waals surface area contributed by atoms with Gasteiger partial charge in [0.25, 0.3) is 0 Å². The second-order valence-corrected chi connectivity index (χ2v) is 6.80. The van der Waals surface area contributed by atoms with Crippen LogP contribution < -0.4 is 10.1 Å². The third kappa shape index (κ3) is 4.61. The lowest BCUT2D eigenvalue weighted by Gasteiger charge is -2.22. The van der Waals surface area contributed by atoms with Crippen molar-refractivity contribution in [3.63, 3.8) is 0 Å². The Balaban J connectivity index is 1.57. The molecule has 1 aliphatic carbocycles. The molecule has 1 aliphatic heterocycles. The number of nitrogens with one attached hydrogen (secondary N) is 1. The van der Waals surface area contributed by atoms with Crippen LogP contribution >= 0.6 is 0 Å². The first-order valence-electron chi connectivity index (χ1n) is 9.02. The molecule has 2 aliphatic rings. The number of hydrogen-bond acceptors (Lipinski definition) is 2.